The van der Waals surface area contributed by atoms with E-state index >= 15 is 0 Å². The van der Waals surface area contributed by atoms with Crippen molar-refractivity contribution < 1.29 is 4.74 Å². The number of hydrogen-bond donors (Lipinski definition) is 1. The van der Waals surface area contributed by atoms with Gasteiger partial charge in [0.25, 0.3) is 0 Å². The molecule has 0 radical (unpaired) electrons. The fraction of sp³-hybridized carbons (Fsp3) is 0.600. The molecule has 106 valence electrons. The zero-order valence-corrected chi connectivity index (χ0v) is 13.0. The van der Waals surface area contributed by atoms with Crippen molar-refractivity contribution in [3.63, 3.8) is 0 Å². The Labute approximate surface area is 125 Å². The average molecular weight is 302 g/mol. The van der Waals surface area contributed by atoms with Crippen LogP contribution in [0.25, 0.3) is 0 Å². The number of ether oxygens (including phenoxy) is 1. The molecule has 0 aromatic heterocycles. The van der Waals surface area contributed by atoms with Gasteiger partial charge >= 0.3 is 0 Å². The lowest BCUT2D eigenvalue weighted by Gasteiger charge is -2.28. The summed E-state index contributed by atoms with van der Waals surface area (Å²) < 4.78 is 5.70. The van der Waals surface area contributed by atoms with E-state index < -0.39 is 0 Å². The summed E-state index contributed by atoms with van der Waals surface area (Å²) in [7, 11) is 0. The van der Waals surface area contributed by atoms with E-state index in [9.17, 15) is 0 Å². The van der Waals surface area contributed by atoms with E-state index in [2.05, 4.69) is 19.2 Å². The van der Waals surface area contributed by atoms with Gasteiger partial charge in [0, 0.05) is 28.6 Å². The zero-order valence-electron chi connectivity index (χ0n) is 11.5. The molecule has 0 saturated carbocycles. The molecule has 0 aliphatic carbocycles. The maximum atomic E-state index is 6.36. The predicted octanol–water partition coefficient (Wildman–Crippen LogP) is 4.46. The topological polar surface area (TPSA) is 21.3 Å². The van der Waals surface area contributed by atoms with Crippen LogP contribution in [0.3, 0.4) is 0 Å². The Morgan fingerprint density at radius 3 is 2.79 bits per heavy atom. The maximum absolute atomic E-state index is 6.36. The highest BCUT2D eigenvalue weighted by molar-refractivity contribution is 6.35. The fourth-order valence-corrected chi connectivity index (χ4v) is 3.26. The minimum Gasteiger partial charge on any atom is -0.378 e. The van der Waals surface area contributed by atoms with Gasteiger partial charge < -0.3 is 10.1 Å². The summed E-state index contributed by atoms with van der Waals surface area (Å²) in [6.07, 6.45) is 2.44. The Hall–Kier alpha value is -0.280. The van der Waals surface area contributed by atoms with Gasteiger partial charge in [-0.05, 0) is 44.0 Å². The van der Waals surface area contributed by atoms with Crippen LogP contribution in [0.1, 0.15) is 38.3 Å². The average Bonchev–Trinajstić information content (AvgIpc) is 2.78. The van der Waals surface area contributed by atoms with E-state index in [1.807, 2.05) is 18.2 Å². The third kappa shape index (κ3) is 3.63. The summed E-state index contributed by atoms with van der Waals surface area (Å²) in [5.74, 6) is 0.463. The Balaban J connectivity index is 2.25. The fourth-order valence-electron chi connectivity index (χ4n) is 2.73. The molecule has 2 rings (SSSR count). The van der Waals surface area contributed by atoms with Crippen LogP contribution in [0, 0.1) is 5.92 Å². The monoisotopic (exact) mass is 301 g/mol. The van der Waals surface area contributed by atoms with Crippen LogP contribution >= 0.6 is 23.2 Å². The van der Waals surface area contributed by atoms with Gasteiger partial charge in [0.2, 0.25) is 0 Å². The van der Waals surface area contributed by atoms with Crippen LogP contribution in [0.15, 0.2) is 18.2 Å². The summed E-state index contributed by atoms with van der Waals surface area (Å²) in [5.41, 5.74) is 1.13. The number of nitrogens with one attached hydrogen (secondary N) is 1. The van der Waals surface area contributed by atoms with Crippen LogP contribution in [0.4, 0.5) is 0 Å². The highest BCUT2D eigenvalue weighted by atomic mass is 35.5. The molecule has 0 bridgehead atoms. The molecule has 1 aromatic rings. The minimum absolute atomic E-state index is 0.238. The van der Waals surface area contributed by atoms with Crippen molar-refractivity contribution >= 4 is 23.2 Å². The lowest BCUT2D eigenvalue weighted by Crippen LogP contribution is -2.32. The van der Waals surface area contributed by atoms with Crippen molar-refractivity contribution in [2.45, 2.75) is 38.8 Å². The lowest BCUT2D eigenvalue weighted by atomic mass is 9.88. The van der Waals surface area contributed by atoms with Crippen molar-refractivity contribution in [1.82, 2.24) is 5.32 Å². The van der Waals surface area contributed by atoms with E-state index in [4.69, 9.17) is 27.9 Å². The molecule has 0 amide bonds. The second kappa shape index (κ2) is 6.94. The molecule has 1 aromatic carbocycles. The lowest BCUT2D eigenvalue weighted by molar-refractivity contribution is 0.0954. The molecule has 1 aliphatic rings. The van der Waals surface area contributed by atoms with E-state index in [1.54, 1.807) is 0 Å². The van der Waals surface area contributed by atoms with Gasteiger partial charge in [-0.15, -0.1) is 0 Å². The minimum atomic E-state index is 0.238. The number of rotatable bonds is 5. The van der Waals surface area contributed by atoms with Crippen LogP contribution in [-0.4, -0.2) is 19.3 Å². The molecule has 3 atom stereocenters. The Morgan fingerprint density at radius 2 is 2.21 bits per heavy atom. The standard InChI is InChI=1S/C15H21Cl2NO/c1-3-7-18-15(12-6-8-19-10(12)2)13-5-4-11(16)9-14(13)17/h4-5,9-10,12,15,18H,3,6-8H2,1-2H3. The highest BCUT2D eigenvalue weighted by Crippen LogP contribution is 2.37. The summed E-state index contributed by atoms with van der Waals surface area (Å²) in [6, 6.07) is 5.99. The Morgan fingerprint density at radius 1 is 1.42 bits per heavy atom. The zero-order chi connectivity index (χ0) is 13.8. The first-order chi connectivity index (χ1) is 9.13. The van der Waals surface area contributed by atoms with Gasteiger partial charge in [-0.2, -0.15) is 0 Å². The van der Waals surface area contributed by atoms with Crippen molar-refractivity contribution in [3.05, 3.63) is 33.8 Å². The molecular formula is C15H21Cl2NO. The van der Waals surface area contributed by atoms with Gasteiger partial charge in [0.1, 0.15) is 0 Å². The first-order valence-corrected chi connectivity index (χ1v) is 7.69. The molecule has 2 nitrogen and oxygen atoms in total. The summed E-state index contributed by atoms with van der Waals surface area (Å²) >= 11 is 12.3. The van der Waals surface area contributed by atoms with E-state index in [1.165, 1.54) is 0 Å². The molecule has 3 unspecified atom stereocenters. The summed E-state index contributed by atoms with van der Waals surface area (Å²) in [4.78, 5) is 0. The van der Waals surface area contributed by atoms with Crippen molar-refractivity contribution in [2.75, 3.05) is 13.2 Å². The van der Waals surface area contributed by atoms with Crippen molar-refractivity contribution in [3.8, 4) is 0 Å². The molecular weight excluding hydrogens is 281 g/mol. The molecule has 0 spiro atoms. The predicted molar refractivity (Wildman–Crippen MR) is 81.0 cm³/mol. The number of hydrogen-bond acceptors (Lipinski definition) is 2. The van der Waals surface area contributed by atoms with Gasteiger partial charge in [-0.3, -0.25) is 0 Å². The molecule has 1 aliphatic heterocycles. The summed E-state index contributed by atoms with van der Waals surface area (Å²) in [6.45, 7) is 6.12. The first kappa shape index (κ1) is 15.1. The van der Waals surface area contributed by atoms with Gasteiger partial charge in [0.15, 0.2) is 0 Å². The number of halogens is 2. The Bertz CT molecular complexity index is 425. The van der Waals surface area contributed by atoms with Crippen molar-refractivity contribution in [2.24, 2.45) is 5.92 Å². The van der Waals surface area contributed by atoms with Gasteiger partial charge in [-0.1, -0.05) is 36.2 Å². The Kier molecular flexibility index (Phi) is 5.52. The molecule has 1 fully saturated rings. The largest absolute Gasteiger partial charge is 0.378 e. The third-order valence-electron chi connectivity index (χ3n) is 3.77. The van der Waals surface area contributed by atoms with Gasteiger partial charge in [-0.25, -0.2) is 0 Å². The smallest absolute Gasteiger partial charge is 0.0594 e. The molecule has 4 heteroatoms. The van der Waals surface area contributed by atoms with Gasteiger partial charge in [0.05, 0.1) is 6.10 Å². The third-order valence-corrected chi connectivity index (χ3v) is 4.34. The normalized spacial score (nSPS) is 24.6. The SMILES string of the molecule is CCCNC(c1ccc(Cl)cc1Cl)C1CCOC1C. The number of benzene rings is 1. The summed E-state index contributed by atoms with van der Waals surface area (Å²) in [5, 5.41) is 5.03. The van der Waals surface area contributed by atoms with E-state index in [0.29, 0.717) is 10.9 Å². The van der Waals surface area contributed by atoms with Crippen LogP contribution in [-0.2, 0) is 4.74 Å². The second-order valence-corrected chi connectivity index (χ2v) is 5.97. The second-order valence-electron chi connectivity index (χ2n) is 5.13. The van der Waals surface area contributed by atoms with Crippen LogP contribution in [0.5, 0.6) is 0 Å². The molecule has 19 heavy (non-hydrogen) atoms. The first-order valence-electron chi connectivity index (χ1n) is 6.93. The van der Waals surface area contributed by atoms with Crippen LogP contribution in [0.2, 0.25) is 10.0 Å². The van der Waals surface area contributed by atoms with Crippen LogP contribution < -0.4 is 5.32 Å². The molecule has 1 saturated heterocycles. The van der Waals surface area contributed by atoms with E-state index in [0.717, 1.165) is 36.6 Å². The molecule has 1 N–H and O–H groups in total. The molecule has 1 heterocycles. The highest BCUT2D eigenvalue weighted by Gasteiger charge is 2.33. The van der Waals surface area contributed by atoms with Crippen molar-refractivity contribution in [1.29, 1.82) is 0 Å². The maximum Gasteiger partial charge on any atom is 0.0594 e. The quantitative estimate of drug-likeness (QED) is 0.867. The van der Waals surface area contributed by atoms with E-state index in [-0.39, 0.29) is 12.1 Å².